The zero-order valence-electron chi connectivity index (χ0n) is 53.0. The molecule has 0 unspecified atom stereocenters. The number of aromatic amines is 2. The molecule has 98 heavy (non-hydrogen) atoms. The van der Waals surface area contributed by atoms with Crippen molar-refractivity contribution >= 4 is 56.7 Å². The molecule has 0 spiro atoms. The van der Waals surface area contributed by atoms with Crippen LogP contribution in [0.2, 0.25) is 10.0 Å². The second kappa shape index (κ2) is 28.9. The van der Waals surface area contributed by atoms with E-state index in [1.54, 1.807) is 99.1 Å². The van der Waals surface area contributed by atoms with Crippen LogP contribution in [-0.4, -0.2) is 107 Å². The summed E-state index contributed by atoms with van der Waals surface area (Å²) in [6.45, 7) is 0.148. The number of hydrogen-bond acceptors (Lipinski definition) is 16. The molecule has 0 amide bonds. The lowest BCUT2D eigenvalue weighted by Crippen LogP contribution is -2.41. The third-order valence-corrected chi connectivity index (χ3v) is 16.0. The first kappa shape index (κ1) is 67.4. The Morgan fingerprint density at radius 1 is 0.388 bits per heavy atom. The molecule has 0 atom stereocenters. The highest BCUT2D eigenvalue weighted by molar-refractivity contribution is 6.30. The van der Waals surface area contributed by atoms with Gasteiger partial charge in [-0.15, -0.1) is 0 Å². The zero-order chi connectivity index (χ0) is 69.6. The molecular formula is C68H57Cl2F3N12O13. The van der Waals surface area contributed by atoms with E-state index in [9.17, 15) is 41.9 Å². The summed E-state index contributed by atoms with van der Waals surface area (Å²) < 4.78 is 87.2. The van der Waals surface area contributed by atoms with E-state index in [0.717, 1.165) is 14.7 Å². The van der Waals surface area contributed by atoms with Crippen LogP contribution in [0.25, 0.3) is 50.6 Å². The summed E-state index contributed by atoms with van der Waals surface area (Å²) in [4.78, 5) is 96.7. The van der Waals surface area contributed by atoms with Crippen molar-refractivity contribution < 1.29 is 46.3 Å². The molecule has 25 nitrogen and oxygen atoms in total. The van der Waals surface area contributed by atoms with Gasteiger partial charge in [-0.2, -0.15) is 15.0 Å². The molecule has 502 valence electrons. The first-order chi connectivity index (χ1) is 47.3. The van der Waals surface area contributed by atoms with Crippen molar-refractivity contribution in [3.8, 4) is 58.1 Å². The molecule has 0 bridgehead atoms. The molecule has 30 heteroatoms. The van der Waals surface area contributed by atoms with Crippen molar-refractivity contribution in [2.75, 3.05) is 49.8 Å². The maximum atomic E-state index is 13.9. The van der Waals surface area contributed by atoms with Gasteiger partial charge in [0.25, 0.3) is 16.7 Å². The summed E-state index contributed by atoms with van der Waals surface area (Å²) in [6, 6.07) is 40.9. The van der Waals surface area contributed by atoms with Crippen LogP contribution in [0.5, 0.6) is 41.0 Å². The van der Waals surface area contributed by atoms with Gasteiger partial charge in [0.05, 0.1) is 93.0 Å². The predicted octanol–water partition coefficient (Wildman–Crippen LogP) is 9.08. The summed E-state index contributed by atoms with van der Waals surface area (Å²) in [5.41, 5.74) is 1.19. The standard InChI is InChI=1S/C28H24ClFN4O5.C21H19FN4O5.C19H14ClFN4O3/c1-37-22-13-6-18(23(14-22)38-2)16-32-25-24(34(27(31-25)39-3)21-11-9-20(30)10-12-21)26(35)33(28(32)36)15-17-4-7-19(29)8-5-17;1-29-15-9-4-12(16(10-15)30-2)11-25-18-17(19(27)24-20(25)28)26(21(23-18)31-3)14-7-5-13(22)6-8-14;1-28-19-23-16-15(25(19)14-8-6-13(21)7-9-14)17(26)24(18(27)22-16)10-11-2-4-12(20)5-3-11/h4-14H,15-16H2,1-3H3;4-10H,11H2,1-3H3,(H,24,27,28);2-9H,10H2,1H3,(H,22,27). The molecule has 0 radical (unpaired) electrons. The Balaban J connectivity index is 0.000000151. The first-order valence-electron chi connectivity index (χ1n) is 29.4. The number of hydrogen-bond donors (Lipinski definition) is 2. The van der Waals surface area contributed by atoms with Gasteiger partial charge >= 0.3 is 35.1 Å². The Morgan fingerprint density at radius 3 is 1.21 bits per heavy atom. The quantitative estimate of drug-likeness (QED) is 0.0810. The average molecular weight is 1380 g/mol. The van der Waals surface area contributed by atoms with Crippen LogP contribution in [-0.2, 0) is 26.2 Å². The molecule has 6 heterocycles. The van der Waals surface area contributed by atoms with E-state index < -0.39 is 51.2 Å². The second-order valence-electron chi connectivity index (χ2n) is 21.3. The van der Waals surface area contributed by atoms with Gasteiger partial charge in [0, 0.05) is 33.3 Å². The minimum Gasteiger partial charge on any atom is -0.497 e. The van der Waals surface area contributed by atoms with Crippen molar-refractivity contribution in [2.45, 2.75) is 26.2 Å². The van der Waals surface area contributed by atoms with Gasteiger partial charge < -0.3 is 33.2 Å². The van der Waals surface area contributed by atoms with E-state index in [-0.39, 0.29) is 77.7 Å². The number of ether oxygens (including phenoxy) is 7. The van der Waals surface area contributed by atoms with Gasteiger partial charge in [-0.1, -0.05) is 47.5 Å². The average Bonchev–Trinajstić information content (AvgIpc) is 1.57. The number of aromatic nitrogens is 12. The Labute approximate surface area is 561 Å². The number of nitrogens with one attached hydrogen (secondary N) is 2. The fourth-order valence-corrected chi connectivity index (χ4v) is 11.0. The topological polar surface area (TPSA) is 272 Å². The number of H-pyrrole nitrogens is 2. The molecule has 6 aromatic heterocycles. The van der Waals surface area contributed by atoms with Crippen molar-refractivity contribution in [3.05, 3.63) is 270 Å². The summed E-state index contributed by atoms with van der Waals surface area (Å²) >= 11 is 11.9. The fourth-order valence-electron chi connectivity index (χ4n) is 10.7. The minimum absolute atomic E-state index is 0.0125. The Hall–Kier alpha value is -12.0. The number of nitrogens with zero attached hydrogens (tertiary/aromatic N) is 10. The van der Waals surface area contributed by atoms with E-state index in [1.807, 2.05) is 0 Å². The van der Waals surface area contributed by atoms with Crippen LogP contribution in [0.4, 0.5) is 13.2 Å². The SMILES string of the molecule is COc1ccc(Cn2c(=O)[nH]c(=O)c3c2nc(OC)n3-c2ccc(F)cc2)c(OC)c1.COc1ccc(Cn2c(=O)n(Cc3ccc(Cl)cc3)c(=O)c3c2nc(OC)n3-c2ccc(F)cc2)c(OC)c1.COc1nc2[nH]c(=O)n(Cc3ccc(Cl)cc3)c(=O)c2n1-c1ccc(F)cc1. The van der Waals surface area contributed by atoms with Crippen molar-refractivity contribution in [2.24, 2.45) is 0 Å². The highest BCUT2D eigenvalue weighted by Gasteiger charge is 2.27. The summed E-state index contributed by atoms with van der Waals surface area (Å²) in [5.74, 6) is 0.909. The maximum Gasteiger partial charge on any atom is 0.333 e. The summed E-state index contributed by atoms with van der Waals surface area (Å²) in [5, 5.41) is 1.09. The number of fused-ring (bicyclic) bond motifs is 3. The third kappa shape index (κ3) is 13.6. The van der Waals surface area contributed by atoms with Crippen molar-refractivity contribution in [1.82, 2.24) is 56.9 Å². The zero-order valence-corrected chi connectivity index (χ0v) is 54.5. The molecular weight excluding hydrogens is 1320 g/mol. The lowest BCUT2D eigenvalue weighted by molar-refractivity contribution is 0.375. The Kier molecular flexibility index (Phi) is 19.9. The number of rotatable bonds is 18. The first-order valence-corrected chi connectivity index (χ1v) is 30.1. The molecule has 2 N–H and O–H groups in total. The number of benzene rings is 7. The van der Waals surface area contributed by atoms with Crippen LogP contribution >= 0.6 is 23.2 Å². The van der Waals surface area contributed by atoms with Crippen LogP contribution < -0.4 is 66.9 Å². The second-order valence-corrected chi connectivity index (χ2v) is 22.2. The molecule has 0 saturated heterocycles. The monoisotopic (exact) mass is 1380 g/mol. The number of methoxy groups -OCH3 is 7. The smallest absolute Gasteiger partial charge is 0.333 e. The van der Waals surface area contributed by atoms with Gasteiger partial charge in [-0.05, 0) is 132 Å². The summed E-state index contributed by atoms with van der Waals surface area (Å²) in [6.07, 6.45) is 0. The van der Waals surface area contributed by atoms with Crippen LogP contribution in [0.15, 0.2) is 186 Å². The van der Waals surface area contributed by atoms with E-state index in [4.69, 9.17) is 56.4 Å². The van der Waals surface area contributed by atoms with E-state index in [1.165, 1.54) is 131 Å². The van der Waals surface area contributed by atoms with Gasteiger partial charge in [-0.3, -0.25) is 56.3 Å². The normalized spacial score (nSPS) is 11.1. The van der Waals surface area contributed by atoms with Gasteiger partial charge in [-0.25, -0.2) is 27.6 Å². The molecule has 0 aliphatic carbocycles. The van der Waals surface area contributed by atoms with Crippen LogP contribution in [0.3, 0.4) is 0 Å². The van der Waals surface area contributed by atoms with Gasteiger partial charge in [0.2, 0.25) is 0 Å². The molecule has 0 aliphatic heterocycles. The van der Waals surface area contributed by atoms with Crippen molar-refractivity contribution in [1.29, 1.82) is 0 Å². The lowest BCUT2D eigenvalue weighted by atomic mass is 10.2. The Bertz CT molecular complexity index is 5500. The molecule has 0 aliphatic rings. The predicted molar refractivity (Wildman–Crippen MR) is 359 cm³/mol. The minimum atomic E-state index is -0.641. The van der Waals surface area contributed by atoms with Crippen LogP contribution in [0, 0.1) is 17.5 Å². The van der Waals surface area contributed by atoms with Crippen molar-refractivity contribution in [3.63, 3.8) is 0 Å². The highest BCUT2D eigenvalue weighted by atomic mass is 35.5. The molecule has 13 rings (SSSR count). The van der Waals surface area contributed by atoms with E-state index in [2.05, 4.69) is 24.9 Å². The van der Waals surface area contributed by atoms with E-state index >= 15 is 0 Å². The third-order valence-electron chi connectivity index (χ3n) is 15.5. The van der Waals surface area contributed by atoms with E-state index in [0.29, 0.717) is 66.8 Å². The molecule has 7 aromatic carbocycles. The number of halogens is 5. The molecule has 0 saturated carbocycles. The van der Waals surface area contributed by atoms with Crippen LogP contribution in [0.1, 0.15) is 22.3 Å². The van der Waals surface area contributed by atoms with Gasteiger partial charge in [0.1, 0.15) is 40.4 Å². The van der Waals surface area contributed by atoms with Gasteiger partial charge in [0.15, 0.2) is 33.5 Å². The number of imidazole rings is 3. The molecule has 0 fully saturated rings. The maximum absolute atomic E-state index is 13.9. The Morgan fingerprint density at radius 2 is 0.776 bits per heavy atom. The lowest BCUT2D eigenvalue weighted by Gasteiger charge is -2.15. The summed E-state index contributed by atoms with van der Waals surface area (Å²) in [7, 11) is 10.3. The highest BCUT2D eigenvalue weighted by Crippen LogP contribution is 2.31. The fraction of sp³-hybridized carbons (Fsp3) is 0.162. The molecule has 13 aromatic rings. The largest absolute Gasteiger partial charge is 0.497 e.